The quantitative estimate of drug-likeness (QED) is 0.839. The van der Waals surface area contributed by atoms with E-state index in [1.54, 1.807) is 17.3 Å². The lowest BCUT2D eigenvalue weighted by atomic mass is 9.83. The second-order valence-electron chi connectivity index (χ2n) is 7.21. The van der Waals surface area contributed by atoms with Gasteiger partial charge in [-0.2, -0.15) is 0 Å². The lowest BCUT2D eigenvalue weighted by Gasteiger charge is -2.43. The van der Waals surface area contributed by atoms with E-state index in [0.717, 1.165) is 25.5 Å². The van der Waals surface area contributed by atoms with Crippen molar-refractivity contribution >= 4 is 11.7 Å². The number of aromatic nitrogens is 2. The minimum atomic E-state index is 0.221. The van der Waals surface area contributed by atoms with Crippen LogP contribution in [0, 0.1) is 5.92 Å². The number of carbonyl (C=O) groups is 1. The molecule has 2 aliphatic rings. The number of anilines is 1. The SMILES string of the molecule is CN(C)C(=O)CN1CCCCC1C1CCN(c2cnccn2)CC1. The summed E-state index contributed by atoms with van der Waals surface area (Å²) in [6, 6.07) is 0.562. The zero-order valence-corrected chi connectivity index (χ0v) is 14.9. The van der Waals surface area contributed by atoms with Crippen molar-refractivity contribution in [2.24, 2.45) is 5.92 Å². The Morgan fingerprint density at radius 3 is 2.62 bits per heavy atom. The van der Waals surface area contributed by atoms with Crippen molar-refractivity contribution in [2.75, 3.05) is 45.2 Å². The van der Waals surface area contributed by atoms with E-state index in [4.69, 9.17) is 0 Å². The van der Waals surface area contributed by atoms with Crippen molar-refractivity contribution in [1.29, 1.82) is 0 Å². The predicted molar refractivity (Wildman–Crippen MR) is 94.9 cm³/mol. The number of likely N-dealkylation sites (tertiary alicyclic amines) is 1. The summed E-state index contributed by atoms with van der Waals surface area (Å²) < 4.78 is 0. The van der Waals surface area contributed by atoms with E-state index in [-0.39, 0.29) is 5.91 Å². The second kappa shape index (κ2) is 7.92. The largest absolute Gasteiger partial charge is 0.355 e. The number of hydrogen-bond donors (Lipinski definition) is 0. The summed E-state index contributed by atoms with van der Waals surface area (Å²) >= 11 is 0. The number of rotatable bonds is 4. The molecule has 0 N–H and O–H groups in total. The molecule has 0 radical (unpaired) electrons. The Balaban J connectivity index is 1.58. The molecule has 1 unspecified atom stereocenters. The van der Waals surface area contributed by atoms with Crippen LogP contribution < -0.4 is 4.90 Å². The number of nitrogens with zero attached hydrogens (tertiary/aromatic N) is 5. The maximum atomic E-state index is 12.1. The first-order valence-corrected chi connectivity index (χ1v) is 9.10. The Bertz CT molecular complexity index is 527. The highest BCUT2D eigenvalue weighted by Crippen LogP contribution is 2.31. The summed E-state index contributed by atoms with van der Waals surface area (Å²) in [5, 5.41) is 0. The standard InChI is InChI=1S/C18H29N5O/c1-21(2)18(24)14-23-10-4-3-5-16(23)15-6-11-22(12-7-15)17-13-19-8-9-20-17/h8-9,13,15-16H,3-7,10-12,14H2,1-2H3. The average molecular weight is 331 g/mol. The highest BCUT2D eigenvalue weighted by Gasteiger charge is 2.33. The molecule has 2 aliphatic heterocycles. The highest BCUT2D eigenvalue weighted by atomic mass is 16.2. The fourth-order valence-corrected chi connectivity index (χ4v) is 4.03. The third-order valence-electron chi connectivity index (χ3n) is 5.46. The van der Waals surface area contributed by atoms with Gasteiger partial charge in [-0.1, -0.05) is 6.42 Å². The van der Waals surface area contributed by atoms with Crippen molar-refractivity contribution in [3.8, 4) is 0 Å². The van der Waals surface area contributed by atoms with Gasteiger partial charge in [-0.3, -0.25) is 14.7 Å². The van der Waals surface area contributed by atoms with Crippen molar-refractivity contribution in [3.63, 3.8) is 0 Å². The van der Waals surface area contributed by atoms with Crippen molar-refractivity contribution in [2.45, 2.75) is 38.1 Å². The lowest BCUT2D eigenvalue weighted by Crippen LogP contribution is -2.50. The van der Waals surface area contributed by atoms with E-state index in [2.05, 4.69) is 19.8 Å². The zero-order chi connectivity index (χ0) is 16.9. The Labute approximate surface area is 144 Å². The molecule has 3 heterocycles. The fraction of sp³-hybridized carbons (Fsp3) is 0.722. The van der Waals surface area contributed by atoms with Gasteiger partial charge in [0.15, 0.2) is 0 Å². The van der Waals surface area contributed by atoms with Gasteiger partial charge in [0.25, 0.3) is 0 Å². The molecule has 3 rings (SSSR count). The van der Waals surface area contributed by atoms with Crippen LogP contribution in [0.15, 0.2) is 18.6 Å². The zero-order valence-electron chi connectivity index (χ0n) is 14.9. The number of carbonyl (C=O) groups excluding carboxylic acids is 1. The van der Waals surface area contributed by atoms with Crippen LogP contribution in [0.5, 0.6) is 0 Å². The highest BCUT2D eigenvalue weighted by molar-refractivity contribution is 5.77. The summed E-state index contributed by atoms with van der Waals surface area (Å²) in [5.74, 6) is 1.89. The Morgan fingerprint density at radius 1 is 1.17 bits per heavy atom. The van der Waals surface area contributed by atoms with E-state index < -0.39 is 0 Å². The van der Waals surface area contributed by atoms with E-state index >= 15 is 0 Å². The van der Waals surface area contributed by atoms with Crippen molar-refractivity contribution in [1.82, 2.24) is 19.8 Å². The first kappa shape index (κ1) is 17.1. The molecule has 0 bridgehead atoms. The molecule has 132 valence electrons. The first-order chi connectivity index (χ1) is 11.6. The van der Waals surface area contributed by atoms with Crippen LogP contribution in [0.4, 0.5) is 5.82 Å². The molecule has 0 aromatic carbocycles. The third-order valence-corrected chi connectivity index (χ3v) is 5.46. The van der Waals surface area contributed by atoms with Crippen LogP contribution >= 0.6 is 0 Å². The second-order valence-corrected chi connectivity index (χ2v) is 7.21. The summed E-state index contributed by atoms with van der Waals surface area (Å²) in [5.41, 5.74) is 0. The Hall–Kier alpha value is -1.69. The molecule has 24 heavy (non-hydrogen) atoms. The van der Waals surface area contributed by atoms with Gasteiger partial charge in [0, 0.05) is 45.6 Å². The maximum Gasteiger partial charge on any atom is 0.236 e. The predicted octanol–water partition coefficient (Wildman–Crippen LogP) is 1.64. The van der Waals surface area contributed by atoms with Crippen molar-refractivity contribution < 1.29 is 4.79 Å². The molecule has 1 aromatic rings. The first-order valence-electron chi connectivity index (χ1n) is 9.10. The molecular formula is C18H29N5O. The minimum absolute atomic E-state index is 0.221. The van der Waals surface area contributed by atoms with Crippen LogP contribution in [-0.4, -0.2) is 72.0 Å². The topological polar surface area (TPSA) is 52.6 Å². The van der Waals surface area contributed by atoms with Crippen LogP contribution in [-0.2, 0) is 4.79 Å². The molecule has 2 saturated heterocycles. The molecule has 0 aliphatic carbocycles. The number of piperidine rings is 2. The van der Waals surface area contributed by atoms with E-state index in [0.29, 0.717) is 18.5 Å². The van der Waals surface area contributed by atoms with Gasteiger partial charge in [-0.05, 0) is 38.1 Å². The van der Waals surface area contributed by atoms with Crippen molar-refractivity contribution in [3.05, 3.63) is 18.6 Å². The van der Waals surface area contributed by atoms with Gasteiger partial charge in [0.2, 0.25) is 5.91 Å². The monoisotopic (exact) mass is 331 g/mol. The van der Waals surface area contributed by atoms with E-state index in [1.807, 2.05) is 20.3 Å². The van der Waals surface area contributed by atoms with Gasteiger partial charge >= 0.3 is 0 Å². The maximum absolute atomic E-state index is 12.1. The molecule has 1 atom stereocenters. The van der Waals surface area contributed by atoms with Crippen LogP contribution in [0.25, 0.3) is 0 Å². The molecule has 0 spiro atoms. The smallest absolute Gasteiger partial charge is 0.236 e. The summed E-state index contributed by atoms with van der Waals surface area (Å²) in [7, 11) is 3.70. The van der Waals surface area contributed by atoms with E-state index in [1.165, 1.54) is 32.1 Å². The molecular weight excluding hydrogens is 302 g/mol. The number of likely N-dealkylation sites (N-methyl/N-ethyl adjacent to an activating group) is 1. The fourth-order valence-electron chi connectivity index (χ4n) is 4.03. The van der Waals surface area contributed by atoms with Gasteiger partial charge in [0.05, 0.1) is 12.7 Å². The molecule has 6 nitrogen and oxygen atoms in total. The molecule has 1 amide bonds. The minimum Gasteiger partial charge on any atom is -0.355 e. The number of amides is 1. The van der Waals surface area contributed by atoms with Gasteiger partial charge < -0.3 is 9.80 Å². The third kappa shape index (κ3) is 4.04. The average Bonchev–Trinajstić information content (AvgIpc) is 2.63. The summed E-state index contributed by atoms with van der Waals surface area (Å²) in [6.45, 7) is 3.71. The van der Waals surface area contributed by atoms with Gasteiger partial charge in [0.1, 0.15) is 5.82 Å². The molecule has 6 heteroatoms. The van der Waals surface area contributed by atoms with Crippen LogP contribution in [0.1, 0.15) is 32.1 Å². The number of hydrogen-bond acceptors (Lipinski definition) is 5. The van der Waals surface area contributed by atoms with Gasteiger partial charge in [-0.15, -0.1) is 0 Å². The van der Waals surface area contributed by atoms with Gasteiger partial charge in [-0.25, -0.2) is 4.98 Å². The van der Waals surface area contributed by atoms with E-state index in [9.17, 15) is 4.79 Å². The lowest BCUT2D eigenvalue weighted by molar-refractivity contribution is -0.131. The molecule has 0 saturated carbocycles. The summed E-state index contributed by atoms with van der Waals surface area (Å²) in [4.78, 5) is 27.2. The van der Waals surface area contributed by atoms with Crippen LogP contribution in [0.2, 0.25) is 0 Å². The molecule has 2 fully saturated rings. The summed E-state index contributed by atoms with van der Waals surface area (Å²) in [6.07, 6.45) is 11.4. The normalized spacial score (nSPS) is 23.2. The van der Waals surface area contributed by atoms with Crippen LogP contribution in [0.3, 0.4) is 0 Å². The Morgan fingerprint density at radius 2 is 1.96 bits per heavy atom. The Kier molecular flexibility index (Phi) is 5.66. The molecule has 1 aromatic heterocycles.